The number of imide groups is 1. The summed E-state index contributed by atoms with van der Waals surface area (Å²) in [6.07, 6.45) is 0. The van der Waals surface area contributed by atoms with Crippen molar-refractivity contribution in [2.45, 2.75) is 0 Å². The number of aromatic nitrogens is 3. The zero-order valence-electron chi connectivity index (χ0n) is 13.1. The molecule has 26 heavy (non-hydrogen) atoms. The topological polar surface area (TPSA) is 125 Å². The minimum Gasteiger partial charge on any atom is -0.324 e. The number of benzene rings is 2. The third-order valence-corrected chi connectivity index (χ3v) is 3.83. The lowest BCUT2D eigenvalue weighted by Crippen LogP contribution is -2.32. The van der Waals surface area contributed by atoms with Crippen LogP contribution in [-0.4, -0.2) is 38.0 Å². The molecule has 9 heteroatoms. The van der Waals surface area contributed by atoms with Crippen LogP contribution in [0.2, 0.25) is 0 Å². The SMILES string of the molecule is O=C(ON1C(=O)c2ccccc2C1=O)c1ccc(-c2n[nH]c(=O)[nH]2)cc1. The summed E-state index contributed by atoms with van der Waals surface area (Å²) >= 11 is 0. The summed E-state index contributed by atoms with van der Waals surface area (Å²) in [5.74, 6) is -1.92. The summed E-state index contributed by atoms with van der Waals surface area (Å²) in [5.41, 5.74) is 0.615. The molecular weight excluding hydrogens is 340 g/mol. The van der Waals surface area contributed by atoms with E-state index in [9.17, 15) is 19.2 Å². The molecule has 3 aromatic rings. The van der Waals surface area contributed by atoms with Crippen molar-refractivity contribution in [3.8, 4) is 11.4 Å². The van der Waals surface area contributed by atoms with Crippen molar-refractivity contribution in [2.24, 2.45) is 0 Å². The molecule has 4 rings (SSSR count). The van der Waals surface area contributed by atoms with E-state index in [1.807, 2.05) is 0 Å². The average Bonchev–Trinajstić information content (AvgIpc) is 3.20. The van der Waals surface area contributed by atoms with Crippen molar-refractivity contribution in [2.75, 3.05) is 0 Å². The maximum Gasteiger partial charge on any atom is 0.363 e. The van der Waals surface area contributed by atoms with Gasteiger partial charge in [-0.2, -0.15) is 5.10 Å². The molecule has 0 aliphatic carbocycles. The Bertz CT molecular complexity index is 1060. The van der Waals surface area contributed by atoms with Crippen LogP contribution in [-0.2, 0) is 4.84 Å². The number of fused-ring (bicyclic) bond motifs is 1. The Morgan fingerprint density at radius 2 is 1.54 bits per heavy atom. The number of hydrogen-bond acceptors (Lipinski definition) is 6. The number of carbonyl (C=O) groups is 3. The number of nitrogens with one attached hydrogen (secondary N) is 2. The molecule has 2 N–H and O–H groups in total. The molecule has 2 heterocycles. The van der Waals surface area contributed by atoms with Crippen LogP contribution >= 0.6 is 0 Å². The lowest BCUT2D eigenvalue weighted by Gasteiger charge is -2.12. The number of hydrogen-bond donors (Lipinski definition) is 2. The second-order valence-electron chi connectivity index (χ2n) is 5.43. The molecule has 0 fully saturated rings. The molecule has 1 aliphatic rings. The summed E-state index contributed by atoms with van der Waals surface area (Å²) in [5, 5.41) is 6.47. The quantitative estimate of drug-likeness (QED) is 0.682. The van der Waals surface area contributed by atoms with Crippen LogP contribution in [0.1, 0.15) is 31.1 Å². The Morgan fingerprint density at radius 3 is 2.08 bits per heavy atom. The van der Waals surface area contributed by atoms with Crippen LogP contribution in [0.15, 0.2) is 53.3 Å². The molecule has 9 nitrogen and oxygen atoms in total. The molecule has 1 aromatic heterocycles. The second kappa shape index (κ2) is 5.81. The molecule has 0 saturated carbocycles. The number of aromatic amines is 2. The summed E-state index contributed by atoms with van der Waals surface area (Å²) in [7, 11) is 0. The van der Waals surface area contributed by atoms with Gasteiger partial charge in [0.05, 0.1) is 16.7 Å². The van der Waals surface area contributed by atoms with Crippen LogP contribution in [0.25, 0.3) is 11.4 Å². The number of carbonyl (C=O) groups excluding carboxylic acids is 3. The van der Waals surface area contributed by atoms with Crippen LogP contribution < -0.4 is 5.69 Å². The van der Waals surface area contributed by atoms with Gasteiger partial charge >= 0.3 is 11.7 Å². The van der Waals surface area contributed by atoms with Crippen molar-refractivity contribution in [1.29, 1.82) is 0 Å². The molecule has 2 aromatic carbocycles. The molecule has 0 radical (unpaired) electrons. The van der Waals surface area contributed by atoms with Crippen molar-refractivity contribution < 1.29 is 19.2 Å². The van der Waals surface area contributed by atoms with Crippen molar-refractivity contribution in [3.63, 3.8) is 0 Å². The number of hydroxylamine groups is 2. The smallest absolute Gasteiger partial charge is 0.324 e. The van der Waals surface area contributed by atoms with Gasteiger partial charge < -0.3 is 4.84 Å². The Morgan fingerprint density at radius 1 is 0.923 bits per heavy atom. The largest absolute Gasteiger partial charge is 0.363 e. The molecular formula is C17H10N4O5. The van der Waals surface area contributed by atoms with E-state index in [0.29, 0.717) is 16.5 Å². The molecule has 1 aliphatic heterocycles. The predicted octanol–water partition coefficient (Wildman–Crippen LogP) is 1.13. The Hall–Kier alpha value is -4.01. The number of amides is 2. The van der Waals surface area contributed by atoms with Gasteiger partial charge in [0, 0.05) is 5.56 Å². The maximum atomic E-state index is 12.2. The van der Waals surface area contributed by atoms with Gasteiger partial charge in [-0.05, 0) is 24.3 Å². The molecule has 2 amide bonds. The van der Waals surface area contributed by atoms with E-state index in [1.165, 1.54) is 24.3 Å². The highest BCUT2D eigenvalue weighted by molar-refractivity contribution is 6.21. The van der Waals surface area contributed by atoms with Gasteiger partial charge in [-0.3, -0.25) is 14.6 Å². The molecule has 0 saturated heterocycles. The summed E-state index contributed by atoms with van der Waals surface area (Å²) < 4.78 is 0. The zero-order valence-corrected chi connectivity index (χ0v) is 13.1. The Kier molecular flexibility index (Phi) is 3.47. The lowest BCUT2D eigenvalue weighted by molar-refractivity contribution is -0.0584. The maximum absolute atomic E-state index is 12.2. The van der Waals surface area contributed by atoms with Gasteiger partial charge in [-0.15, -0.1) is 0 Å². The molecule has 128 valence electrons. The fourth-order valence-electron chi connectivity index (χ4n) is 2.56. The molecule has 0 bridgehead atoms. The van der Waals surface area contributed by atoms with Crippen LogP contribution in [0.3, 0.4) is 0 Å². The first kappa shape index (κ1) is 15.5. The number of H-pyrrole nitrogens is 2. The first-order valence-electron chi connectivity index (χ1n) is 7.50. The fourth-order valence-corrected chi connectivity index (χ4v) is 2.56. The third-order valence-electron chi connectivity index (χ3n) is 3.83. The van der Waals surface area contributed by atoms with Gasteiger partial charge in [0.1, 0.15) is 0 Å². The van der Waals surface area contributed by atoms with E-state index >= 15 is 0 Å². The van der Waals surface area contributed by atoms with Crippen LogP contribution in [0, 0.1) is 0 Å². The monoisotopic (exact) mass is 350 g/mol. The van der Waals surface area contributed by atoms with Crippen molar-refractivity contribution >= 4 is 17.8 Å². The minimum atomic E-state index is -0.860. The highest BCUT2D eigenvalue weighted by Gasteiger charge is 2.38. The number of nitrogens with zero attached hydrogens (tertiary/aromatic N) is 2. The van der Waals surface area contributed by atoms with E-state index in [0.717, 1.165) is 0 Å². The third kappa shape index (κ3) is 2.47. The predicted molar refractivity (Wildman–Crippen MR) is 87.0 cm³/mol. The highest BCUT2D eigenvalue weighted by Crippen LogP contribution is 2.23. The molecule has 0 unspecified atom stereocenters. The number of rotatable bonds is 3. The summed E-state index contributed by atoms with van der Waals surface area (Å²) in [4.78, 5) is 55.2. The van der Waals surface area contributed by atoms with Gasteiger partial charge in [0.25, 0.3) is 11.8 Å². The minimum absolute atomic E-state index is 0.128. The molecule has 0 spiro atoms. The van der Waals surface area contributed by atoms with Crippen molar-refractivity contribution in [3.05, 3.63) is 75.7 Å². The summed E-state index contributed by atoms with van der Waals surface area (Å²) in [6, 6.07) is 12.2. The lowest BCUT2D eigenvalue weighted by atomic mass is 10.1. The van der Waals surface area contributed by atoms with E-state index in [-0.39, 0.29) is 16.7 Å². The Labute approximate surface area is 145 Å². The van der Waals surface area contributed by atoms with Gasteiger partial charge in [-0.1, -0.05) is 29.3 Å². The second-order valence-corrected chi connectivity index (χ2v) is 5.43. The van der Waals surface area contributed by atoms with E-state index in [2.05, 4.69) is 15.2 Å². The highest BCUT2D eigenvalue weighted by atomic mass is 16.7. The van der Waals surface area contributed by atoms with Crippen molar-refractivity contribution in [1.82, 2.24) is 20.2 Å². The zero-order chi connectivity index (χ0) is 18.3. The fraction of sp³-hybridized carbons (Fsp3) is 0. The van der Waals surface area contributed by atoms with Gasteiger partial charge in [0.15, 0.2) is 5.82 Å². The van der Waals surface area contributed by atoms with Crippen LogP contribution in [0.4, 0.5) is 0 Å². The normalized spacial score (nSPS) is 13.0. The Balaban J connectivity index is 1.53. The summed E-state index contributed by atoms with van der Waals surface area (Å²) in [6.45, 7) is 0. The van der Waals surface area contributed by atoms with E-state index in [4.69, 9.17) is 4.84 Å². The molecule has 0 atom stereocenters. The first-order valence-corrected chi connectivity index (χ1v) is 7.50. The van der Waals surface area contributed by atoms with Gasteiger partial charge in [0.2, 0.25) is 0 Å². The van der Waals surface area contributed by atoms with E-state index in [1.54, 1.807) is 24.3 Å². The van der Waals surface area contributed by atoms with E-state index < -0.39 is 23.5 Å². The van der Waals surface area contributed by atoms with Gasteiger partial charge in [-0.25, -0.2) is 14.7 Å². The van der Waals surface area contributed by atoms with Crippen LogP contribution in [0.5, 0.6) is 0 Å². The average molecular weight is 350 g/mol. The standard InChI is InChI=1S/C17H10N4O5/c22-14-11-3-1-2-4-12(11)15(23)21(14)26-16(24)10-7-5-9(6-8-10)13-18-17(25)20-19-13/h1-8H,(H2,18,19,20,25). The first-order chi connectivity index (χ1) is 12.5.